The highest BCUT2D eigenvalue weighted by atomic mass is 15.1. The summed E-state index contributed by atoms with van der Waals surface area (Å²) in [5.74, 6) is 0. The summed E-state index contributed by atoms with van der Waals surface area (Å²) < 4.78 is 0. The average molecular weight is 202 g/mol. The van der Waals surface area contributed by atoms with E-state index in [2.05, 4.69) is 35.6 Å². The molecule has 2 aliphatic heterocycles. The maximum Gasteiger partial charge on any atom is 0.0590 e. The van der Waals surface area contributed by atoms with Gasteiger partial charge in [0, 0.05) is 12.1 Å². The quantitative estimate of drug-likeness (QED) is 0.728. The Morgan fingerprint density at radius 2 is 1.93 bits per heavy atom. The molecule has 80 valence electrons. The lowest BCUT2D eigenvalue weighted by Crippen LogP contribution is -2.57. The van der Waals surface area contributed by atoms with Crippen LogP contribution in [0.1, 0.15) is 31.2 Å². The predicted octanol–water partition coefficient (Wildman–Crippen LogP) is 1.75. The molecular weight excluding hydrogens is 184 g/mol. The van der Waals surface area contributed by atoms with Crippen LogP contribution >= 0.6 is 0 Å². The molecular formula is C13H18N2. The number of hydrogen-bond donors (Lipinski definition) is 2. The molecule has 2 heterocycles. The molecule has 0 aliphatic carbocycles. The Balaban J connectivity index is 2.02. The average Bonchev–Trinajstić information content (AvgIpc) is 2.66. The molecule has 3 N–H and O–H groups in total. The lowest BCUT2D eigenvalue weighted by Gasteiger charge is -2.40. The van der Waals surface area contributed by atoms with Gasteiger partial charge in [0.2, 0.25) is 0 Å². The van der Waals surface area contributed by atoms with E-state index >= 15 is 0 Å². The zero-order valence-electron chi connectivity index (χ0n) is 8.95. The maximum atomic E-state index is 6.32. The highest BCUT2D eigenvalue weighted by Gasteiger charge is 2.47. The van der Waals surface area contributed by atoms with Gasteiger partial charge >= 0.3 is 0 Å². The summed E-state index contributed by atoms with van der Waals surface area (Å²) in [6.07, 6.45) is 4.88. The van der Waals surface area contributed by atoms with Crippen molar-refractivity contribution in [1.82, 2.24) is 5.32 Å². The van der Waals surface area contributed by atoms with Crippen molar-refractivity contribution in [2.45, 2.75) is 43.3 Å². The van der Waals surface area contributed by atoms with Gasteiger partial charge < -0.3 is 11.1 Å². The van der Waals surface area contributed by atoms with E-state index < -0.39 is 0 Å². The number of nitrogens with one attached hydrogen (secondary N) is 1. The summed E-state index contributed by atoms with van der Waals surface area (Å²) >= 11 is 0. The third-order valence-electron chi connectivity index (χ3n) is 4.10. The van der Waals surface area contributed by atoms with E-state index in [1.54, 1.807) is 0 Å². The van der Waals surface area contributed by atoms with Gasteiger partial charge in [-0.25, -0.2) is 0 Å². The van der Waals surface area contributed by atoms with Gasteiger partial charge in [-0.15, -0.1) is 0 Å². The van der Waals surface area contributed by atoms with Crippen molar-refractivity contribution < 1.29 is 0 Å². The van der Waals surface area contributed by atoms with E-state index in [0.29, 0.717) is 6.04 Å². The molecule has 2 bridgehead atoms. The summed E-state index contributed by atoms with van der Waals surface area (Å²) in [4.78, 5) is 0. The van der Waals surface area contributed by atoms with E-state index in [-0.39, 0.29) is 11.6 Å². The van der Waals surface area contributed by atoms with Crippen LogP contribution < -0.4 is 11.1 Å². The number of hydrogen-bond acceptors (Lipinski definition) is 2. The van der Waals surface area contributed by atoms with Crippen molar-refractivity contribution in [3.8, 4) is 0 Å². The van der Waals surface area contributed by atoms with Crippen LogP contribution in [-0.2, 0) is 5.54 Å². The number of rotatable bonds is 1. The molecule has 1 aromatic carbocycles. The van der Waals surface area contributed by atoms with Gasteiger partial charge in [-0.3, -0.25) is 0 Å². The second kappa shape index (κ2) is 3.32. The van der Waals surface area contributed by atoms with Crippen LogP contribution in [0.5, 0.6) is 0 Å². The molecule has 2 fully saturated rings. The van der Waals surface area contributed by atoms with Crippen LogP contribution in [0.3, 0.4) is 0 Å². The summed E-state index contributed by atoms with van der Waals surface area (Å²) in [5, 5.41) is 3.74. The van der Waals surface area contributed by atoms with E-state index in [0.717, 1.165) is 6.42 Å². The zero-order chi connectivity index (χ0) is 10.3. The van der Waals surface area contributed by atoms with Crippen molar-refractivity contribution >= 4 is 0 Å². The first-order chi connectivity index (χ1) is 7.31. The van der Waals surface area contributed by atoms with Gasteiger partial charge in [-0.2, -0.15) is 0 Å². The Hall–Kier alpha value is -0.860. The first-order valence-corrected chi connectivity index (χ1v) is 5.90. The Morgan fingerprint density at radius 1 is 1.13 bits per heavy atom. The van der Waals surface area contributed by atoms with E-state index in [1.165, 1.54) is 24.8 Å². The molecule has 3 unspecified atom stereocenters. The molecule has 2 aliphatic rings. The molecule has 3 rings (SSSR count). The molecule has 2 saturated heterocycles. The Bertz CT molecular complexity index is 349. The van der Waals surface area contributed by atoms with Crippen LogP contribution in [0.25, 0.3) is 0 Å². The number of piperidine rings is 1. The fourth-order valence-electron chi connectivity index (χ4n) is 3.22. The third-order valence-corrected chi connectivity index (χ3v) is 4.10. The molecule has 2 nitrogen and oxygen atoms in total. The first-order valence-electron chi connectivity index (χ1n) is 5.90. The lowest BCUT2D eigenvalue weighted by molar-refractivity contribution is 0.238. The second-order valence-electron chi connectivity index (χ2n) is 4.90. The lowest BCUT2D eigenvalue weighted by atomic mass is 9.79. The van der Waals surface area contributed by atoms with Gasteiger partial charge in [-0.05, 0) is 31.2 Å². The smallest absolute Gasteiger partial charge is 0.0590 e. The topological polar surface area (TPSA) is 38.0 Å². The summed E-state index contributed by atoms with van der Waals surface area (Å²) in [5.41, 5.74) is 7.77. The molecule has 0 aromatic heterocycles. The number of nitrogens with two attached hydrogens (primary N) is 1. The monoisotopic (exact) mass is 202 g/mol. The van der Waals surface area contributed by atoms with Crippen molar-refractivity contribution in [2.75, 3.05) is 0 Å². The molecule has 0 radical (unpaired) electrons. The predicted molar refractivity (Wildman–Crippen MR) is 61.5 cm³/mol. The molecule has 15 heavy (non-hydrogen) atoms. The molecule has 1 aromatic rings. The number of benzene rings is 1. The van der Waals surface area contributed by atoms with Gasteiger partial charge in [0.15, 0.2) is 0 Å². The van der Waals surface area contributed by atoms with Crippen LogP contribution in [0.2, 0.25) is 0 Å². The van der Waals surface area contributed by atoms with E-state index in [4.69, 9.17) is 5.73 Å². The molecule has 3 atom stereocenters. The van der Waals surface area contributed by atoms with Crippen molar-refractivity contribution in [2.24, 2.45) is 5.73 Å². The van der Waals surface area contributed by atoms with E-state index in [1.807, 2.05) is 0 Å². The Morgan fingerprint density at radius 3 is 2.73 bits per heavy atom. The molecule has 0 spiro atoms. The summed E-state index contributed by atoms with van der Waals surface area (Å²) in [6.45, 7) is 0. The second-order valence-corrected chi connectivity index (χ2v) is 4.90. The van der Waals surface area contributed by atoms with Gasteiger partial charge in [0.25, 0.3) is 0 Å². The Kier molecular flexibility index (Phi) is 2.08. The van der Waals surface area contributed by atoms with E-state index in [9.17, 15) is 0 Å². The third kappa shape index (κ3) is 1.32. The highest BCUT2D eigenvalue weighted by molar-refractivity contribution is 5.30. The fraction of sp³-hybridized carbons (Fsp3) is 0.538. The first kappa shape index (κ1) is 9.37. The summed E-state index contributed by atoms with van der Waals surface area (Å²) in [7, 11) is 0. The number of fused-ring (bicyclic) bond motifs is 2. The summed E-state index contributed by atoms with van der Waals surface area (Å²) in [6, 6.07) is 11.7. The van der Waals surface area contributed by atoms with Gasteiger partial charge in [0.1, 0.15) is 0 Å². The zero-order valence-corrected chi connectivity index (χ0v) is 8.95. The largest absolute Gasteiger partial charge is 0.326 e. The van der Waals surface area contributed by atoms with Crippen LogP contribution in [0, 0.1) is 0 Å². The molecule has 2 heteroatoms. The molecule has 0 saturated carbocycles. The normalized spacial score (nSPS) is 39.3. The van der Waals surface area contributed by atoms with Crippen LogP contribution in [0.4, 0.5) is 0 Å². The van der Waals surface area contributed by atoms with Crippen molar-refractivity contribution in [3.05, 3.63) is 35.9 Å². The highest BCUT2D eigenvalue weighted by Crippen LogP contribution is 2.42. The van der Waals surface area contributed by atoms with Crippen LogP contribution in [0.15, 0.2) is 30.3 Å². The molecule has 0 amide bonds. The standard InChI is InChI=1S/C13H18N2/c14-12-7-6-11-8-9-13(12,15-11)10-4-2-1-3-5-10/h1-5,11-12,15H,6-9,14H2. The minimum absolute atomic E-state index is 0.0736. The van der Waals surface area contributed by atoms with Crippen LogP contribution in [-0.4, -0.2) is 12.1 Å². The maximum absolute atomic E-state index is 6.32. The fourth-order valence-corrected chi connectivity index (χ4v) is 3.22. The SMILES string of the molecule is NC1CCC2CCC1(c1ccccc1)N2. The van der Waals surface area contributed by atoms with Crippen molar-refractivity contribution in [3.63, 3.8) is 0 Å². The van der Waals surface area contributed by atoms with Gasteiger partial charge in [-0.1, -0.05) is 30.3 Å². The van der Waals surface area contributed by atoms with Crippen molar-refractivity contribution in [1.29, 1.82) is 0 Å². The minimum atomic E-state index is 0.0736. The Labute approximate surface area is 90.9 Å². The minimum Gasteiger partial charge on any atom is -0.326 e. The van der Waals surface area contributed by atoms with Gasteiger partial charge in [0.05, 0.1) is 5.54 Å².